The number of carbonyl (C=O) groups excluding carboxylic acids is 2. The van der Waals surface area contributed by atoms with Gasteiger partial charge in [0.15, 0.2) is 0 Å². The van der Waals surface area contributed by atoms with Crippen LogP contribution in [0.4, 0.5) is 0 Å². The molecule has 4 heteroatoms. The second kappa shape index (κ2) is 12.0. The average molecular weight is 459 g/mol. The molecule has 4 aromatic rings. The van der Waals surface area contributed by atoms with Gasteiger partial charge in [-0.2, -0.15) is 0 Å². The van der Waals surface area contributed by atoms with Gasteiger partial charge in [0.1, 0.15) is 5.70 Å². The molecule has 0 spiro atoms. The van der Waals surface area contributed by atoms with E-state index in [1.807, 2.05) is 103 Å². The summed E-state index contributed by atoms with van der Waals surface area (Å²) in [5.74, 6) is -0.735. The van der Waals surface area contributed by atoms with Crippen LogP contribution in [0.3, 0.4) is 0 Å². The molecule has 0 unspecified atom stereocenters. The second-order valence-corrected chi connectivity index (χ2v) is 7.90. The van der Waals surface area contributed by atoms with Crippen molar-refractivity contribution in [2.75, 3.05) is 0 Å². The molecule has 0 aliphatic heterocycles. The summed E-state index contributed by atoms with van der Waals surface area (Å²) in [6.07, 6.45) is 5.26. The zero-order valence-electron chi connectivity index (χ0n) is 19.2. The molecule has 0 bridgehead atoms. The van der Waals surface area contributed by atoms with Gasteiger partial charge in [-0.05, 0) is 34.9 Å². The second-order valence-electron chi connectivity index (χ2n) is 7.90. The quantitative estimate of drug-likeness (QED) is 0.254. The highest BCUT2D eigenvalue weighted by Crippen LogP contribution is 2.22. The molecule has 4 rings (SSSR count). The fourth-order valence-corrected chi connectivity index (χ4v) is 3.64. The van der Waals surface area contributed by atoms with Crippen molar-refractivity contribution in [3.05, 3.63) is 161 Å². The van der Waals surface area contributed by atoms with Crippen LogP contribution in [0.15, 0.2) is 139 Å². The molecule has 35 heavy (non-hydrogen) atoms. The van der Waals surface area contributed by atoms with E-state index in [0.29, 0.717) is 5.56 Å². The van der Waals surface area contributed by atoms with E-state index in [0.717, 1.165) is 16.7 Å². The maximum Gasteiger partial charge on any atom is 0.268 e. The molecule has 0 saturated carbocycles. The van der Waals surface area contributed by atoms with E-state index in [1.165, 1.54) is 0 Å². The van der Waals surface area contributed by atoms with Gasteiger partial charge in [-0.15, -0.1) is 0 Å². The Hall–Kier alpha value is -4.70. The lowest BCUT2D eigenvalue weighted by atomic mass is 9.98. The van der Waals surface area contributed by atoms with Crippen LogP contribution in [0.5, 0.6) is 0 Å². The third kappa shape index (κ3) is 6.65. The summed E-state index contributed by atoms with van der Waals surface area (Å²) in [5, 5.41) is 5.89. The third-order valence-corrected chi connectivity index (χ3v) is 5.42. The van der Waals surface area contributed by atoms with E-state index in [2.05, 4.69) is 10.6 Å². The Bertz CT molecular complexity index is 1260. The SMILES string of the molecule is O=C(NC(c1ccccc1)c1ccccc1)/C(=C\C=C/c1ccccc1)NC(=O)c1ccccc1. The summed E-state index contributed by atoms with van der Waals surface area (Å²) in [6.45, 7) is 0. The van der Waals surface area contributed by atoms with Crippen molar-refractivity contribution in [3.63, 3.8) is 0 Å². The summed E-state index contributed by atoms with van der Waals surface area (Å²) >= 11 is 0. The lowest BCUT2D eigenvalue weighted by Gasteiger charge is -2.21. The van der Waals surface area contributed by atoms with Crippen LogP contribution < -0.4 is 10.6 Å². The number of hydrogen-bond donors (Lipinski definition) is 2. The minimum Gasteiger partial charge on any atom is -0.340 e. The van der Waals surface area contributed by atoms with E-state index in [9.17, 15) is 9.59 Å². The minimum absolute atomic E-state index is 0.155. The standard InChI is InChI=1S/C31H26N2O2/c34-30(27-21-11-4-12-22-27)32-28(23-13-16-24-14-5-1-6-15-24)31(35)33-29(25-17-7-2-8-18-25)26-19-9-3-10-20-26/h1-23,29H,(H,32,34)(H,33,35)/b16-13-,28-23+. The molecule has 172 valence electrons. The zero-order valence-corrected chi connectivity index (χ0v) is 19.2. The Morgan fingerprint density at radius 3 is 1.66 bits per heavy atom. The number of amides is 2. The number of allylic oxidation sites excluding steroid dienone is 2. The molecule has 0 fully saturated rings. The van der Waals surface area contributed by atoms with Crippen molar-refractivity contribution in [2.24, 2.45) is 0 Å². The van der Waals surface area contributed by atoms with Crippen LogP contribution >= 0.6 is 0 Å². The topological polar surface area (TPSA) is 58.2 Å². The molecule has 4 aromatic carbocycles. The van der Waals surface area contributed by atoms with E-state index < -0.39 is 0 Å². The number of nitrogens with one attached hydrogen (secondary N) is 2. The van der Waals surface area contributed by atoms with Gasteiger partial charge in [0, 0.05) is 5.56 Å². The highest BCUT2D eigenvalue weighted by Gasteiger charge is 2.20. The highest BCUT2D eigenvalue weighted by molar-refractivity contribution is 6.03. The number of benzene rings is 4. The maximum absolute atomic E-state index is 13.5. The predicted octanol–water partition coefficient (Wildman–Crippen LogP) is 5.92. The van der Waals surface area contributed by atoms with Crippen LogP contribution in [0.25, 0.3) is 6.08 Å². The van der Waals surface area contributed by atoms with Crippen molar-refractivity contribution in [1.29, 1.82) is 0 Å². The first-order valence-corrected chi connectivity index (χ1v) is 11.4. The van der Waals surface area contributed by atoms with Crippen LogP contribution in [0.1, 0.15) is 33.1 Å². The first-order valence-electron chi connectivity index (χ1n) is 11.4. The monoisotopic (exact) mass is 458 g/mol. The summed E-state index contributed by atoms with van der Waals surface area (Å²) in [7, 11) is 0. The Morgan fingerprint density at radius 2 is 1.11 bits per heavy atom. The molecule has 2 amide bonds. The van der Waals surface area contributed by atoms with Gasteiger partial charge in [-0.1, -0.05) is 121 Å². The fourth-order valence-electron chi connectivity index (χ4n) is 3.64. The molecular formula is C31H26N2O2. The smallest absolute Gasteiger partial charge is 0.268 e. The van der Waals surface area contributed by atoms with Crippen molar-refractivity contribution >= 4 is 17.9 Å². The lowest BCUT2D eigenvalue weighted by Crippen LogP contribution is -2.37. The van der Waals surface area contributed by atoms with Gasteiger partial charge in [-0.25, -0.2) is 0 Å². The Labute approximate surface area is 205 Å². The van der Waals surface area contributed by atoms with Crippen LogP contribution in [0, 0.1) is 0 Å². The van der Waals surface area contributed by atoms with Gasteiger partial charge in [0.05, 0.1) is 6.04 Å². The molecule has 0 heterocycles. The Kier molecular flexibility index (Phi) is 8.01. The first kappa shape index (κ1) is 23.5. The average Bonchev–Trinajstić information content (AvgIpc) is 2.93. The number of rotatable bonds is 8. The predicted molar refractivity (Wildman–Crippen MR) is 140 cm³/mol. The number of carbonyl (C=O) groups is 2. The van der Waals surface area contributed by atoms with Gasteiger partial charge in [0.2, 0.25) is 0 Å². The van der Waals surface area contributed by atoms with E-state index in [-0.39, 0.29) is 23.6 Å². The molecule has 0 aromatic heterocycles. The van der Waals surface area contributed by atoms with Crippen LogP contribution in [-0.4, -0.2) is 11.8 Å². The van der Waals surface area contributed by atoms with Crippen LogP contribution in [0.2, 0.25) is 0 Å². The molecule has 0 radical (unpaired) electrons. The molecule has 0 saturated heterocycles. The Balaban J connectivity index is 1.62. The van der Waals surface area contributed by atoms with Gasteiger partial charge in [-0.3, -0.25) is 9.59 Å². The summed E-state index contributed by atoms with van der Waals surface area (Å²) in [5.41, 5.74) is 3.51. The normalized spacial score (nSPS) is 11.4. The van der Waals surface area contributed by atoms with E-state index in [1.54, 1.807) is 36.4 Å². The molecule has 2 N–H and O–H groups in total. The largest absolute Gasteiger partial charge is 0.340 e. The van der Waals surface area contributed by atoms with Crippen molar-refractivity contribution in [3.8, 4) is 0 Å². The lowest BCUT2D eigenvalue weighted by molar-refractivity contribution is -0.118. The minimum atomic E-state index is -0.385. The molecule has 4 nitrogen and oxygen atoms in total. The molecule has 0 aliphatic carbocycles. The Morgan fingerprint density at radius 1 is 0.629 bits per heavy atom. The molecular weight excluding hydrogens is 432 g/mol. The van der Waals surface area contributed by atoms with Crippen LogP contribution in [-0.2, 0) is 4.79 Å². The summed E-state index contributed by atoms with van der Waals surface area (Å²) in [4.78, 5) is 26.3. The van der Waals surface area contributed by atoms with Crippen molar-refractivity contribution in [1.82, 2.24) is 10.6 Å². The molecule has 0 aliphatic rings. The molecule has 0 atom stereocenters. The van der Waals surface area contributed by atoms with E-state index >= 15 is 0 Å². The number of hydrogen-bond acceptors (Lipinski definition) is 2. The fraction of sp³-hybridized carbons (Fsp3) is 0.0323. The van der Waals surface area contributed by atoms with E-state index in [4.69, 9.17) is 0 Å². The highest BCUT2D eigenvalue weighted by atomic mass is 16.2. The maximum atomic E-state index is 13.5. The van der Waals surface area contributed by atoms with Crippen molar-refractivity contribution < 1.29 is 9.59 Å². The summed E-state index contributed by atoms with van der Waals surface area (Å²) < 4.78 is 0. The van der Waals surface area contributed by atoms with Gasteiger partial charge < -0.3 is 10.6 Å². The third-order valence-electron chi connectivity index (χ3n) is 5.42. The first-order chi connectivity index (χ1) is 17.2. The van der Waals surface area contributed by atoms with Crippen molar-refractivity contribution in [2.45, 2.75) is 6.04 Å². The zero-order chi connectivity index (χ0) is 24.3. The van der Waals surface area contributed by atoms with Gasteiger partial charge in [0.25, 0.3) is 11.8 Å². The summed E-state index contributed by atoms with van der Waals surface area (Å²) in [6, 6.07) is 37.7. The van der Waals surface area contributed by atoms with Gasteiger partial charge >= 0.3 is 0 Å².